The van der Waals surface area contributed by atoms with E-state index in [0.29, 0.717) is 0 Å². The third kappa shape index (κ3) is 2.46. The zero-order valence-corrected chi connectivity index (χ0v) is 9.03. The molecule has 0 saturated heterocycles. The molecule has 1 aromatic carbocycles. The van der Waals surface area contributed by atoms with Crippen LogP contribution in [0.25, 0.3) is 0 Å². The van der Waals surface area contributed by atoms with Gasteiger partial charge in [-0.05, 0) is 13.0 Å². The van der Waals surface area contributed by atoms with E-state index in [0.717, 1.165) is 0 Å². The summed E-state index contributed by atoms with van der Waals surface area (Å²) < 4.78 is 23.4. The zero-order valence-electron chi connectivity index (χ0n) is 9.03. The third-order valence-corrected chi connectivity index (χ3v) is 2.35. The topological polar surface area (TPSA) is 38.7 Å². The Labute approximate surface area is 88.4 Å². The summed E-state index contributed by atoms with van der Waals surface area (Å²) in [6.45, 7) is 1.67. The molecule has 0 saturated carbocycles. The van der Waals surface area contributed by atoms with Crippen molar-refractivity contribution in [3.63, 3.8) is 0 Å². The van der Waals surface area contributed by atoms with Gasteiger partial charge in [0, 0.05) is 12.7 Å². The molecule has 0 amide bonds. The Hall–Kier alpha value is -1.13. The number of rotatable bonds is 4. The molecule has 1 N–H and O–H groups in total. The summed E-state index contributed by atoms with van der Waals surface area (Å²) >= 11 is 0. The van der Waals surface area contributed by atoms with E-state index in [9.17, 15) is 9.50 Å². The zero-order chi connectivity index (χ0) is 11.4. The molecule has 2 atom stereocenters. The van der Waals surface area contributed by atoms with E-state index in [1.807, 2.05) is 0 Å². The highest BCUT2D eigenvalue weighted by Gasteiger charge is 2.21. The molecule has 1 rings (SSSR count). The second-order valence-electron chi connectivity index (χ2n) is 3.25. The summed E-state index contributed by atoms with van der Waals surface area (Å²) in [6, 6.07) is 4.64. The average Bonchev–Trinajstić information content (AvgIpc) is 2.27. The van der Waals surface area contributed by atoms with Crippen molar-refractivity contribution in [1.82, 2.24) is 0 Å². The van der Waals surface area contributed by atoms with E-state index < -0.39 is 18.0 Å². The molecule has 0 aliphatic heterocycles. The molecular formula is C11H15FO3. The molecule has 3 nitrogen and oxygen atoms in total. The fourth-order valence-corrected chi connectivity index (χ4v) is 1.30. The number of hydrogen-bond acceptors (Lipinski definition) is 3. The molecule has 4 heteroatoms. The molecule has 1 aromatic rings. The van der Waals surface area contributed by atoms with Crippen LogP contribution < -0.4 is 4.74 Å². The summed E-state index contributed by atoms with van der Waals surface area (Å²) in [4.78, 5) is 0. The second-order valence-corrected chi connectivity index (χ2v) is 3.25. The van der Waals surface area contributed by atoms with Crippen LogP contribution in [-0.4, -0.2) is 25.4 Å². The monoisotopic (exact) mass is 214 g/mol. The maximum atomic E-state index is 13.7. The predicted molar refractivity (Wildman–Crippen MR) is 54.4 cm³/mol. The van der Waals surface area contributed by atoms with Gasteiger partial charge in [0.2, 0.25) is 0 Å². The summed E-state index contributed by atoms with van der Waals surface area (Å²) in [6.07, 6.45) is -1.46. The number of benzene rings is 1. The molecule has 0 aliphatic rings. The quantitative estimate of drug-likeness (QED) is 0.832. The minimum atomic E-state index is -0.995. The molecule has 0 fully saturated rings. The Morgan fingerprint density at radius 3 is 2.53 bits per heavy atom. The van der Waals surface area contributed by atoms with E-state index in [-0.39, 0.29) is 11.3 Å². The number of halogens is 1. The van der Waals surface area contributed by atoms with Crippen LogP contribution in [0, 0.1) is 5.82 Å². The highest BCUT2D eigenvalue weighted by molar-refractivity contribution is 5.32. The maximum Gasteiger partial charge on any atom is 0.170 e. The first kappa shape index (κ1) is 11.9. The van der Waals surface area contributed by atoms with E-state index in [1.165, 1.54) is 26.4 Å². The van der Waals surface area contributed by atoms with Gasteiger partial charge >= 0.3 is 0 Å². The Morgan fingerprint density at radius 2 is 2.00 bits per heavy atom. The Balaban J connectivity index is 3.03. The van der Waals surface area contributed by atoms with Crippen LogP contribution in [0.2, 0.25) is 0 Å². The van der Waals surface area contributed by atoms with Crippen molar-refractivity contribution in [2.75, 3.05) is 14.2 Å². The SMILES string of the molecule is COc1cccc(C(O)C(C)OC)c1F. The maximum absolute atomic E-state index is 13.7. The van der Waals surface area contributed by atoms with E-state index in [2.05, 4.69) is 0 Å². The van der Waals surface area contributed by atoms with Gasteiger partial charge in [0.1, 0.15) is 6.10 Å². The number of methoxy groups -OCH3 is 2. The van der Waals surface area contributed by atoms with Crippen LogP contribution in [0.5, 0.6) is 5.75 Å². The van der Waals surface area contributed by atoms with Crippen molar-refractivity contribution < 1.29 is 19.0 Å². The van der Waals surface area contributed by atoms with Crippen LogP contribution in [0.1, 0.15) is 18.6 Å². The number of aliphatic hydroxyl groups excluding tert-OH is 1. The van der Waals surface area contributed by atoms with E-state index >= 15 is 0 Å². The minimum absolute atomic E-state index is 0.120. The highest BCUT2D eigenvalue weighted by atomic mass is 19.1. The van der Waals surface area contributed by atoms with Crippen molar-refractivity contribution in [3.05, 3.63) is 29.6 Å². The molecule has 0 bridgehead atoms. The largest absolute Gasteiger partial charge is 0.494 e. The molecule has 2 unspecified atom stereocenters. The molecule has 15 heavy (non-hydrogen) atoms. The lowest BCUT2D eigenvalue weighted by Gasteiger charge is -2.18. The van der Waals surface area contributed by atoms with Crippen LogP contribution in [-0.2, 0) is 4.74 Å². The number of hydrogen-bond donors (Lipinski definition) is 1. The fraction of sp³-hybridized carbons (Fsp3) is 0.455. The second kappa shape index (κ2) is 5.09. The molecule has 84 valence electrons. The Bertz CT molecular complexity index is 328. The molecule has 0 radical (unpaired) electrons. The number of aliphatic hydroxyl groups is 1. The average molecular weight is 214 g/mol. The summed E-state index contributed by atoms with van der Waals surface area (Å²) in [7, 11) is 2.85. The first-order valence-electron chi connectivity index (χ1n) is 4.65. The van der Waals surface area contributed by atoms with Crippen LogP contribution in [0.3, 0.4) is 0 Å². The lowest BCUT2D eigenvalue weighted by atomic mass is 10.0. The normalized spacial score (nSPS) is 14.7. The van der Waals surface area contributed by atoms with E-state index in [1.54, 1.807) is 13.0 Å². The van der Waals surface area contributed by atoms with Gasteiger partial charge in [-0.15, -0.1) is 0 Å². The van der Waals surface area contributed by atoms with Crippen LogP contribution in [0.4, 0.5) is 4.39 Å². The number of ether oxygens (including phenoxy) is 2. The molecule has 0 aliphatic carbocycles. The van der Waals surface area contributed by atoms with Gasteiger partial charge in [0.25, 0.3) is 0 Å². The van der Waals surface area contributed by atoms with Crippen LogP contribution in [0.15, 0.2) is 18.2 Å². The third-order valence-electron chi connectivity index (χ3n) is 2.35. The smallest absolute Gasteiger partial charge is 0.170 e. The van der Waals surface area contributed by atoms with Gasteiger partial charge in [-0.25, -0.2) is 4.39 Å². The standard InChI is InChI=1S/C11H15FO3/c1-7(14-2)11(13)8-5-4-6-9(15-3)10(8)12/h4-7,11,13H,1-3H3. The van der Waals surface area contributed by atoms with Crippen molar-refractivity contribution in [1.29, 1.82) is 0 Å². The van der Waals surface area contributed by atoms with Gasteiger partial charge in [0.05, 0.1) is 13.2 Å². The lowest BCUT2D eigenvalue weighted by Crippen LogP contribution is -2.18. The van der Waals surface area contributed by atoms with Gasteiger partial charge in [-0.1, -0.05) is 12.1 Å². The Morgan fingerprint density at radius 1 is 1.33 bits per heavy atom. The lowest BCUT2D eigenvalue weighted by molar-refractivity contribution is -0.00332. The molecule has 0 aromatic heterocycles. The molecule has 0 spiro atoms. The van der Waals surface area contributed by atoms with Gasteiger partial charge < -0.3 is 14.6 Å². The molecule has 0 heterocycles. The Kier molecular flexibility index (Phi) is 4.05. The first-order valence-corrected chi connectivity index (χ1v) is 4.65. The summed E-state index contributed by atoms with van der Waals surface area (Å²) in [5.41, 5.74) is 0.184. The minimum Gasteiger partial charge on any atom is -0.494 e. The predicted octanol–water partition coefficient (Wildman–Crippen LogP) is 1.90. The van der Waals surface area contributed by atoms with Crippen LogP contribution >= 0.6 is 0 Å². The van der Waals surface area contributed by atoms with Crippen molar-refractivity contribution >= 4 is 0 Å². The summed E-state index contributed by atoms with van der Waals surface area (Å²) in [5.74, 6) is -0.425. The van der Waals surface area contributed by atoms with Crippen molar-refractivity contribution in [2.24, 2.45) is 0 Å². The van der Waals surface area contributed by atoms with Gasteiger partial charge in [0.15, 0.2) is 11.6 Å². The van der Waals surface area contributed by atoms with Crippen molar-refractivity contribution in [3.8, 4) is 5.75 Å². The fourth-order valence-electron chi connectivity index (χ4n) is 1.30. The summed E-state index contributed by atoms with van der Waals surface area (Å²) in [5, 5.41) is 9.77. The highest BCUT2D eigenvalue weighted by Crippen LogP contribution is 2.27. The first-order chi connectivity index (χ1) is 7.11. The van der Waals surface area contributed by atoms with E-state index in [4.69, 9.17) is 9.47 Å². The van der Waals surface area contributed by atoms with Gasteiger partial charge in [-0.3, -0.25) is 0 Å². The van der Waals surface area contributed by atoms with Crippen molar-refractivity contribution in [2.45, 2.75) is 19.1 Å². The molecular weight excluding hydrogens is 199 g/mol. The van der Waals surface area contributed by atoms with Gasteiger partial charge in [-0.2, -0.15) is 0 Å².